The van der Waals surface area contributed by atoms with E-state index in [-0.39, 0.29) is 6.04 Å². The molecule has 0 aliphatic heterocycles. The summed E-state index contributed by atoms with van der Waals surface area (Å²) in [7, 11) is 0. The molecule has 0 bridgehead atoms. The van der Waals surface area contributed by atoms with Crippen LogP contribution in [0.2, 0.25) is 0 Å². The molecule has 0 aromatic heterocycles. The first-order chi connectivity index (χ1) is 11.4. The number of halogens is 1. The third kappa shape index (κ3) is 5.49. The number of carbonyl (C=O) groups is 3. The molecule has 1 fully saturated rings. The highest BCUT2D eigenvalue weighted by molar-refractivity contribution is 6.03. The molecule has 1 aliphatic rings. The van der Waals surface area contributed by atoms with Gasteiger partial charge in [0.05, 0.1) is 5.92 Å². The standard InChI is InChI=1S/C17H19FN2O4/c18-12-4-6-13(7-5-12)19-15(21)8-9-16(22)20-14-3-1-2-11(10-14)17(23)24/h4-9,11,14H,1-3,10H2,(H,19,21)(H,20,22)(H,23,24)/b9-8+/t11-,14+/m1/s1. The number of hydrogen-bond acceptors (Lipinski definition) is 3. The first-order valence-corrected chi connectivity index (χ1v) is 7.72. The first kappa shape index (κ1) is 17.7. The van der Waals surface area contributed by atoms with Crippen molar-refractivity contribution >= 4 is 23.5 Å². The van der Waals surface area contributed by atoms with Crippen molar-refractivity contribution in [3.05, 3.63) is 42.2 Å². The molecule has 0 unspecified atom stereocenters. The molecule has 2 rings (SSSR count). The van der Waals surface area contributed by atoms with Gasteiger partial charge >= 0.3 is 5.97 Å². The summed E-state index contributed by atoms with van der Waals surface area (Å²) < 4.78 is 12.8. The van der Waals surface area contributed by atoms with E-state index >= 15 is 0 Å². The van der Waals surface area contributed by atoms with E-state index < -0.39 is 29.5 Å². The van der Waals surface area contributed by atoms with Crippen LogP contribution in [-0.2, 0) is 14.4 Å². The highest BCUT2D eigenvalue weighted by Gasteiger charge is 2.27. The highest BCUT2D eigenvalue weighted by atomic mass is 19.1. The van der Waals surface area contributed by atoms with Crippen LogP contribution in [0.4, 0.5) is 10.1 Å². The molecule has 1 saturated carbocycles. The van der Waals surface area contributed by atoms with Gasteiger partial charge in [0.25, 0.3) is 0 Å². The van der Waals surface area contributed by atoms with Gasteiger partial charge in [-0.3, -0.25) is 14.4 Å². The van der Waals surface area contributed by atoms with Crippen molar-refractivity contribution in [1.82, 2.24) is 5.32 Å². The van der Waals surface area contributed by atoms with E-state index in [1.54, 1.807) is 0 Å². The number of carbonyl (C=O) groups excluding carboxylic acids is 2. The molecular weight excluding hydrogens is 315 g/mol. The van der Waals surface area contributed by atoms with Crippen LogP contribution in [-0.4, -0.2) is 28.9 Å². The lowest BCUT2D eigenvalue weighted by Crippen LogP contribution is -2.39. The lowest BCUT2D eigenvalue weighted by Gasteiger charge is -2.26. The summed E-state index contributed by atoms with van der Waals surface area (Å²) >= 11 is 0. The molecule has 7 heteroatoms. The Morgan fingerprint density at radius 3 is 2.42 bits per heavy atom. The fraction of sp³-hybridized carbons (Fsp3) is 0.353. The van der Waals surface area contributed by atoms with Gasteiger partial charge in [-0.2, -0.15) is 0 Å². The van der Waals surface area contributed by atoms with Gasteiger partial charge in [0, 0.05) is 23.9 Å². The topological polar surface area (TPSA) is 95.5 Å². The van der Waals surface area contributed by atoms with Gasteiger partial charge in [0.1, 0.15) is 5.82 Å². The molecule has 24 heavy (non-hydrogen) atoms. The van der Waals surface area contributed by atoms with Crippen molar-refractivity contribution < 1.29 is 23.9 Å². The summed E-state index contributed by atoms with van der Waals surface area (Å²) in [5, 5.41) is 14.2. The second-order valence-electron chi connectivity index (χ2n) is 5.74. The SMILES string of the molecule is O=C(/C=C/C(=O)N[C@H]1CCC[C@@H](C(=O)O)C1)Nc1ccc(F)cc1. The molecule has 2 amide bonds. The lowest BCUT2D eigenvalue weighted by molar-refractivity contribution is -0.143. The largest absolute Gasteiger partial charge is 0.481 e. The number of carboxylic acid groups (broad SMARTS) is 1. The molecule has 3 N–H and O–H groups in total. The Bertz CT molecular complexity index is 642. The minimum absolute atomic E-state index is 0.197. The third-order valence-electron chi connectivity index (χ3n) is 3.87. The average Bonchev–Trinajstić information content (AvgIpc) is 2.55. The van der Waals surface area contributed by atoms with E-state index in [1.165, 1.54) is 24.3 Å². The number of carboxylic acids is 1. The predicted octanol–water partition coefficient (Wildman–Crippen LogP) is 2.08. The maximum Gasteiger partial charge on any atom is 0.306 e. The fourth-order valence-corrected chi connectivity index (χ4v) is 2.66. The Kier molecular flexibility index (Phi) is 6.06. The highest BCUT2D eigenvalue weighted by Crippen LogP contribution is 2.24. The van der Waals surface area contributed by atoms with Gasteiger partial charge in [-0.1, -0.05) is 6.42 Å². The average molecular weight is 334 g/mol. The summed E-state index contributed by atoms with van der Waals surface area (Å²) in [4.78, 5) is 34.5. The summed E-state index contributed by atoms with van der Waals surface area (Å²) in [6.45, 7) is 0. The van der Waals surface area contributed by atoms with Crippen LogP contribution < -0.4 is 10.6 Å². The molecule has 1 aliphatic carbocycles. The minimum atomic E-state index is -0.844. The van der Waals surface area contributed by atoms with Crippen molar-refractivity contribution in [2.24, 2.45) is 5.92 Å². The molecule has 0 radical (unpaired) electrons. The number of rotatable bonds is 5. The zero-order chi connectivity index (χ0) is 17.5. The normalized spacial score (nSPS) is 20.5. The molecule has 0 heterocycles. The summed E-state index contributed by atoms with van der Waals surface area (Å²) in [6, 6.07) is 5.06. The molecule has 128 valence electrons. The Morgan fingerprint density at radius 2 is 1.75 bits per heavy atom. The van der Waals surface area contributed by atoms with Gasteiger partial charge in [0.15, 0.2) is 0 Å². The molecule has 1 aromatic rings. The van der Waals surface area contributed by atoms with E-state index in [0.29, 0.717) is 18.5 Å². The number of hydrogen-bond donors (Lipinski definition) is 3. The minimum Gasteiger partial charge on any atom is -0.481 e. The van der Waals surface area contributed by atoms with Crippen LogP contribution in [0.3, 0.4) is 0 Å². The smallest absolute Gasteiger partial charge is 0.306 e. The van der Waals surface area contributed by atoms with Gasteiger partial charge in [0.2, 0.25) is 11.8 Å². The van der Waals surface area contributed by atoms with E-state index in [9.17, 15) is 18.8 Å². The maximum atomic E-state index is 12.8. The summed E-state index contributed by atoms with van der Waals surface area (Å²) in [6.07, 6.45) is 4.68. The number of aliphatic carboxylic acids is 1. The molecule has 6 nitrogen and oxygen atoms in total. The quantitative estimate of drug-likeness (QED) is 0.719. The van der Waals surface area contributed by atoms with Gasteiger partial charge in [-0.05, 0) is 43.5 Å². The van der Waals surface area contributed by atoms with Crippen molar-refractivity contribution in [3.63, 3.8) is 0 Å². The molecule has 1 aromatic carbocycles. The van der Waals surface area contributed by atoms with Crippen LogP contribution in [0, 0.1) is 11.7 Å². The Morgan fingerprint density at radius 1 is 1.08 bits per heavy atom. The summed E-state index contributed by atoms with van der Waals surface area (Å²) in [5.41, 5.74) is 0.419. The number of benzene rings is 1. The zero-order valence-electron chi connectivity index (χ0n) is 13.0. The lowest BCUT2D eigenvalue weighted by atomic mass is 9.86. The number of anilines is 1. The van der Waals surface area contributed by atoms with Crippen molar-refractivity contribution in [1.29, 1.82) is 0 Å². The third-order valence-corrected chi connectivity index (χ3v) is 3.87. The van der Waals surface area contributed by atoms with Crippen LogP contribution in [0.1, 0.15) is 25.7 Å². The van der Waals surface area contributed by atoms with Crippen molar-refractivity contribution in [2.45, 2.75) is 31.7 Å². The molecular formula is C17H19FN2O4. The number of amides is 2. The fourth-order valence-electron chi connectivity index (χ4n) is 2.66. The second kappa shape index (κ2) is 8.24. The summed E-state index contributed by atoms with van der Waals surface area (Å²) in [5.74, 6) is -2.64. The maximum absolute atomic E-state index is 12.8. The van der Waals surface area contributed by atoms with Gasteiger partial charge in [-0.15, -0.1) is 0 Å². The van der Waals surface area contributed by atoms with Crippen LogP contribution in [0.5, 0.6) is 0 Å². The number of nitrogens with one attached hydrogen (secondary N) is 2. The molecule has 2 atom stereocenters. The second-order valence-corrected chi connectivity index (χ2v) is 5.74. The zero-order valence-corrected chi connectivity index (χ0v) is 13.0. The van der Waals surface area contributed by atoms with E-state index in [2.05, 4.69) is 10.6 Å². The van der Waals surface area contributed by atoms with Crippen molar-refractivity contribution in [2.75, 3.05) is 5.32 Å². The molecule has 0 spiro atoms. The predicted molar refractivity (Wildman–Crippen MR) is 85.7 cm³/mol. The van der Waals surface area contributed by atoms with Crippen LogP contribution in [0.25, 0.3) is 0 Å². The van der Waals surface area contributed by atoms with Crippen molar-refractivity contribution in [3.8, 4) is 0 Å². The Labute approximate surface area is 138 Å². The Hall–Kier alpha value is -2.70. The first-order valence-electron chi connectivity index (χ1n) is 7.72. The van der Waals surface area contributed by atoms with E-state index in [0.717, 1.165) is 25.0 Å². The van der Waals surface area contributed by atoms with Gasteiger partial charge < -0.3 is 15.7 Å². The molecule has 0 saturated heterocycles. The Balaban J connectivity index is 1.80. The van der Waals surface area contributed by atoms with Crippen LogP contribution >= 0.6 is 0 Å². The monoisotopic (exact) mass is 334 g/mol. The van der Waals surface area contributed by atoms with E-state index in [4.69, 9.17) is 5.11 Å². The van der Waals surface area contributed by atoms with Gasteiger partial charge in [-0.25, -0.2) is 4.39 Å². The van der Waals surface area contributed by atoms with E-state index in [1.807, 2.05) is 0 Å². The van der Waals surface area contributed by atoms with Crippen LogP contribution in [0.15, 0.2) is 36.4 Å².